The molecule has 0 aromatic heterocycles. The molecule has 0 atom stereocenters. The van der Waals surface area contributed by atoms with Gasteiger partial charge in [-0.25, -0.2) is 0 Å². The quantitative estimate of drug-likeness (QED) is 0.216. The molecule has 0 heterocycles. The van der Waals surface area contributed by atoms with Crippen LogP contribution in [0.2, 0.25) is 0 Å². The van der Waals surface area contributed by atoms with Gasteiger partial charge in [-0.2, -0.15) is 0 Å². The van der Waals surface area contributed by atoms with Crippen molar-refractivity contribution in [2.24, 2.45) is 0 Å². The number of rotatable bonds is 19. The summed E-state index contributed by atoms with van der Waals surface area (Å²) in [4.78, 5) is 10.4. The second-order valence-corrected chi connectivity index (χ2v) is 6.87. The first-order chi connectivity index (χ1) is 11.8. The summed E-state index contributed by atoms with van der Waals surface area (Å²) in [6.45, 7) is 0.346. The third-order valence-corrected chi connectivity index (χ3v) is 4.46. The predicted molar refractivity (Wildman–Crippen MR) is 102 cm³/mol. The Balaban J connectivity index is 3.07. The van der Waals surface area contributed by atoms with Gasteiger partial charge in [0, 0.05) is 13.0 Å². The lowest BCUT2D eigenvalue weighted by atomic mass is 10.1. The van der Waals surface area contributed by atoms with Crippen molar-refractivity contribution >= 4 is 5.97 Å². The molecule has 0 aliphatic carbocycles. The van der Waals surface area contributed by atoms with E-state index in [2.05, 4.69) is 12.2 Å². The first-order valence-corrected chi connectivity index (χ1v) is 10.2. The molecular weight excluding hydrogens is 300 g/mol. The lowest BCUT2D eigenvalue weighted by Crippen LogP contribution is -1.93. The largest absolute Gasteiger partial charge is 0.481 e. The fourth-order valence-electron chi connectivity index (χ4n) is 2.92. The Morgan fingerprint density at radius 1 is 0.583 bits per heavy atom. The van der Waals surface area contributed by atoms with Crippen LogP contribution in [-0.2, 0) is 4.79 Å². The first kappa shape index (κ1) is 23.2. The molecule has 0 amide bonds. The van der Waals surface area contributed by atoms with Gasteiger partial charge >= 0.3 is 5.97 Å². The van der Waals surface area contributed by atoms with E-state index in [-0.39, 0.29) is 0 Å². The number of carboxylic acids is 1. The fraction of sp³-hybridized carbons (Fsp3) is 0.857. The smallest absolute Gasteiger partial charge is 0.303 e. The van der Waals surface area contributed by atoms with E-state index in [9.17, 15) is 4.79 Å². The minimum absolute atomic E-state index is 0.326. The summed E-state index contributed by atoms with van der Waals surface area (Å²) >= 11 is 0. The van der Waals surface area contributed by atoms with E-state index in [1.54, 1.807) is 0 Å². The zero-order valence-electron chi connectivity index (χ0n) is 15.7. The van der Waals surface area contributed by atoms with E-state index < -0.39 is 5.97 Å². The average molecular weight is 341 g/mol. The van der Waals surface area contributed by atoms with Crippen LogP contribution in [-0.4, -0.2) is 22.8 Å². The Hall–Kier alpha value is -0.830. The topological polar surface area (TPSA) is 57.5 Å². The monoisotopic (exact) mass is 340 g/mol. The summed E-state index contributed by atoms with van der Waals surface area (Å²) in [5.41, 5.74) is 0. The van der Waals surface area contributed by atoms with Gasteiger partial charge in [0.15, 0.2) is 0 Å². The summed E-state index contributed by atoms with van der Waals surface area (Å²) in [5.74, 6) is -0.668. The molecule has 0 aromatic rings. The third-order valence-electron chi connectivity index (χ3n) is 4.46. The van der Waals surface area contributed by atoms with E-state index in [1.165, 1.54) is 83.5 Å². The molecule has 0 aliphatic heterocycles. The molecule has 0 rings (SSSR count). The normalized spacial score (nSPS) is 11.4. The van der Waals surface area contributed by atoms with Gasteiger partial charge in [0.05, 0.1) is 0 Å². The molecule has 0 aliphatic rings. The summed E-state index contributed by atoms with van der Waals surface area (Å²) in [6.07, 6.45) is 24.4. The number of aliphatic hydroxyl groups is 1. The second kappa shape index (κ2) is 20.2. The highest BCUT2D eigenvalue weighted by atomic mass is 16.4. The highest BCUT2D eigenvalue weighted by Gasteiger charge is 1.96. The van der Waals surface area contributed by atoms with Crippen LogP contribution in [0.15, 0.2) is 12.2 Å². The van der Waals surface area contributed by atoms with Crippen molar-refractivity contribution in [3.8, 4) is 0 Å². The highest BCUT2D eigenvalue weighted by molar-refractivity contribution is 5.66. The molecule has 3 heteroatoms. The van der Waals surface area contributed by atoms with Crippen LogP contribution in [0.1, 0.15) is 109 Å². The zero-order valence-corrected chi connectivity index (χ0v) is 15.7. The van der Waals surface area contributed by atoms with Crippen LogP contribution in [0.25, 0.3) is 0 Å². The Morgan fingerprint density at radius 3 is 1.38 bits per heavy atom. The van der Waals surface area contributed by atoms with Crippen molar-refractivity contribution in [3.63, 3.8) is 0 Å². The maximum atomic E-state index is 10.4. The van der Waals surface area contributed by atoms with Gasteiger partial charge in [-0.1, -0.05) is 76.4 Å². The standard InChI is InChI=1S/C21H40O3/c22-20-18-16-14-12-10-8-6-4-2-1-3-5-7-9-11-13-15-17-19-21(23)24/h1,3,22H,2,4-20H2,(H,23,24). The van der Waals surface area contributed by atoms with Gasteiger partial charge in [0.1, 0.15) is 0 Å². The van der Waals surface area contributed by atoms with Crippen molar-refractivity contribution in [1.29, 1.82) is 0 Å². The third kappa shape index (κ3) is 21.2. The fourth-order valence-corrected chi connectivity index (χ4v) is 2.92. The molecule has 0 fully saturated rings. The van der Waals surface area contributed by atoms with Gasteiger partial charge < -0.3 is 10.2 Å². The Morgan fingerprint density at radius 2 is 0.958 bits per heavy atom. The molecule has 24 heavy (non-hydrogen) atoms. The van der Waals surface area contributed by atoms with Crippen LogP contribution in [0.3, 0.4) is 0 Å². The van der Waals surface area contributed by atoms with Gasteiger partial charge in [0.2, 0.25) is 0 Å². The van der Waals surface area contributed by atoms with Crippen molar-refractivity contribution in [1.82, 2.24) is 0 Å². The first-order valence-electron chi connectivity index (χ1n) is 10.2. The predicted octanol–water partition coefficient (Wildman–Crippen LogP) is 6.25. The molecule has 0 saturated heterocycles. The number of aliphatic hydroxyl groups excluding tert-OH is 1. The van der Waals surface area contributed by atoms with Crippen molar-refractivity contribution in [2.75, 3.05) is 6.61 Å². The second-order valence-electron chi connectivity index (χ2n) is 6.87. The van der Waals surface area contributed by atoms with Crippen molar-refractivity contribution < 1.29 is 15.0 Å². The lowest BCUT2D eigenvalue weighted by molar-refractivity contribution is -0.137. The number of carboxylic acid groups (broad SMARTS) is 1. The molecule has 0 spiro atoms. The molecule has 2 N–H and O–H groups in total. The molecule has 0 radical (unpaired) electrons. The molecule has 0 aromatic carbocycles. The SMILES string of the molecule is O=C(O)CCCCCCCCC=CCCCCCCCCCCO. The van der Waals surface area contributed by atoms with Gasteiger partial charge in [-0.15, -0.1) is 0 Å². The van der Waals surface area contributed by atoms with E-state index in [1.807, 2.05) is 0 Å². The summed E-state index contributed by atoms with van der Waals surface area (Å²) < 4.78 is 0. The number of hydrogen-bond acceptors (Lipinski definition) is 2. The average Bonchev–Trinajstić information content (AvgIpc) is 2.56. The Kier molecular flexibility index (Phi) is 19.5. The summed E-state index contributed by atoms with van der Waals surface area (Å²) in [5, 5.41) is 17.2. The Bertz CT molecular complexity index is 287. The van der Waals surface area contributed by atoms with Gasteiger partial charge in [-0.3, -0.25) is 4.79 Å². The maximum absolute atomic E-state index is 10.4. The minimum Gasteiger partial charge on any atom is -0.481 e. The van der Waals surface area contributed by atoms with E-state index >= 15 is 0 Å². The summed E-state index contributed by atoms with van der Waals surface area (Å²) in [7, 11) is 0. The lowest BCUT2D eigenvalue weighted by Gasteiger charge is -2.01. The van der Waals surface area contributed by atoms with E-state index in [4.69, 9.17) is 10.2 Å². The van der Waals surface area contributed by atoms with Crippen LogP contribution >= 0.6 is 0 Å². The van der Waals surface area contributed by atoms with Gasteiger partial charge in [-0.05, 0) is 38.5 Å². The summed E-state index contributed by atoms with van der Waals surface area (Å²) in [6, 6.07) is 0. The molecular formula is C21H40O3. The highest BCUT2D eigenvalue weighted by Crippen LogP contribution is 2.11. The number of aliphatic carboxylic acids is 1. The molecule has 0 bridgehead atoms. The van der Waals surface area contributed by atoms with Crippen molar-refractivity contribution in [3.05, 3.63) is 12.2 Å². The van der Waals surface area contributed by atoms with Crippen molar-refractivity contribution in [2.45, 2.75) is 109 Å². The van der Waals surface area contributed by atoms with Crippen LogP contribution in [0.5, 0.6) is 0 Å². The van der Waals surface area contributed by atoms with Gasteiger partial charge in [0.25, 0.3) is 0 Å². The van der Waals surface area contributed by atoms with E-state index in [0.717, 1.165) is 19.3 Å². The number of allylic oxidation sites excluding steroid dienone is 2. The Labute approximate surface area is 149 Å². The van der Waals surface area contributed by atoms with Crippen LogP contribution in [0, 0.1) is 0 Å². The maximum Gasteiger partial charge on any atom is 0.303 e. The molecule has 0 saturated carbocycles. The minimum atomic E-state index is -0.668. The molecule has 142 valence electrons. The molecule has 3 nitrogen and oxygen atoms in total. The van der Waals surface area contributed by atoms with E-state index in [0.29, 0.717) is 13.0 Å². The number of unbranched alkanes of at least 4 members (excludes halogenated alkanes) is 14. The van der Waals surface area contributed by atoms with Crippen LogP contribution < -0.4 is 0 Å². The number of hydrogen-bond donors (Lipinski definition) is 2. The molecule has 0 unspecified atom stereocenters. The van der Waals surface area contributed by atoms with Crippen LogP contribution in [0.4, 0.5) is 0 Å². The number of carbonyl (C=O) groups is 1. The zero-order chi connectivity index (χ0) is 17.7.